The Morgan fingerprint density at radius 2 is 1.36 bits per heavy atom. The number of carbonyl (C=O) groups excluding carboxylic acids is 2. The molecule has 1 rings (SSSR count). The first-order valence-corrected chi connectivity index (χ1v) is 7.49. The quantitative estimate of drug-likeness (QED) is 0.440. The van der Waals surface area contributed by atoms with E-state index >= 15 is 0 Å². The zero-order chi connectivity index (χ0) is 16.5. The maximum Gasteiger partial charge on any atom is 0.364 e. The first-order chi connectivity index (χ1) is 10.5. The Morgan fingerprint density at radius 1 is 0.909 bits per heavy atom. The highest BCUT2D eigenvalue weighted by Crippen LogP contribution is 2.17. The van der Waals surface area contributed by atoms with Crippen LogP contribution in [0.25, 0.3) is 0 Å². The molecule has 0 aliphatic heterocycles. The Hall–Kier alpha value is -2.17. The van der Waals surface area contributed by atoms with E-state index in [1.165, 1.54) is 0 Å². The highest BCUT2D eigenvalue weighted by molar-refractivity contribution is 6.63. The van der Waals surface area contributed by atoms with Gasteiger partial charge in [-0.25, -0.2) is 14.6 Å². The second-order valence-corrected chi connectivity index (χ2v) is 5.08. The standard InChI is InChI=1S/C17H23NO4/c1-5-7-21-16(19)15(17(20)22-8-6-2)18-14-10-12(3)9-13(4)11-14/h9-11H,5-8H2,1-4H3. The normalized spacial score (nSPS) is 10.0. The van der Waals surface area contributed by atoms with Crippen molar-refractivity contribution in [1.29, 1.82) is 0 Å². The van der Waals surface area contributed by atoms with E-state index in [4.69, 9.17) is 9.47 Å². The molecule has 0 saturated heterocycles. The van der Waals surface area contributed by atoms with Gasteiger partial charge >= 0.3 is 11.9 Å². The molecule has 0 N–H and O–H groups in total. The number of carbonyl (C=O) groups is 2. The summed E-state index contributed by atoms with van der Waals surface area (Å²) in [5.74, 6) is -1.50. The van der Waals surface area contributed by atoms with Gasteiger partial charge in [0.2, 0.25) is 5.71 Å². The summed E-state index contributed by atoms with van der Waals surface area (Å²) in [5.41, 5.74) is 2.23. The third-order valence-corrected chi connectivity index (χ3v) is 2.71. The molecule has 0 atom stereocenters. The predicted octanol–water partition coefficient (Wildman–Crippen LogP) is 3.28. The summed E-state index contributed by atoms with van der Waals surface area (Å²) in [6.07, 6.45) is 1.35. The smallest absolute Gasteiger partial charge is 0.364 e. The molecule has 0 radical (unpaired) electrons. The zero-order valence-corrected chi connectivity index (χ0v) is 13.6. The summed E-state index contributed by atoms with van der Waals surface area (Å²) in [6.45, 7) is 8.09. The maximum atomic E-state index is 12.0. The summed E-state index contributed by atoms with van der Waals surface area (Å²) >= 11 is 0. The second kappa shape index (κ2) is 8.97. The molecule has 0 unspecified atom stereocenters. The van der Waals surface area contributed by atoms with Crippen LogP contribution in [0.3, 0.4) is 0 Å². The van der Waals surface area contributed by atoms with Crippen molar-refractivity contribution in [3.05, 3.63) is 29.3 Å². The number of nitrogens with zero attached hydrogens (tertiary/aromatic N) is 1. The summed E-state index contributed by atoms with van der Waals surface area (Å²) in [7, 11) is 0. The van der Waals surface area contributed by atoms with Gasteiger partial charge in [0.15, 0.2) is 0 Å². The van der Waals surface area contributed by atoms with Gasteiger partial charge in [0.1, 0.15) is 0 Å². The molecule has 0 saturated carbocycles. The van der Waals surface area contributed by atoms with Gasteiger partial charge in [-0.3, -0.25) is 0 Å². The molecule has 0 spiro atoms. The van der Waals surface area contributed by atoms with Crippen molar-refractivity contribution < 1.29 is 19.1 Å². The topological polar surface area (TPSA) is 65.0 Å². The van der Waals surface area contributed by atoms with Gasteiger partial charge in [-0.05, 0) is 49.9 Å². The van der Waals surface area contributed by atoms with Crippen LogP contribution in [0.15, 0.2) is 23.2 Å². The van der Waals surface area contributed by atoms with Crippen molar-refractivity contribution in [3.63, 3.8) is 0 Å². The summed E-state index contributed by atoms with van der Waals surface area (Å²) in [4.78, 5) is 28.2. The van der Waals surface area contributed by atoms with Gasteiger partial charge in [-0.1, -0.05) is 19.9 Å². The lowest BCUT2D eigenvalue weighted by molar-refractivity contribution is -0.141. The van der Waals surface area contributed by atoms with Crippen LogP contribution in [-0.4, -0.2) is 30.9 Å². The molecule has 0 aliphatic rings. The predicted molar refractivity (Wildman–Crippen MR) is 85.5 cm³/mol. The van der Waals surface area contributed by atoms with Crippen molar-refractivity contribution in [1.82, 2.24) is 0 Å². The molecule has 0 amide bonds. The largest absolute Gasteiger partial charge is 0.461 e. The molecular formula is C17H23NO4. The number of esters is 2. The number of hydrogen-bond acceptors (Lipinski definition) is 5. The van der Waals surface area contributed by atoms with E-state index in [2.05, 4.69) is 4.99 Å². The lowest BCUT2D eigenvalue weighted by Gasteiger charge is -2.08. The van der Waals surface area contributed by atoms with Crippen LogP contribution in [0.2, 0.25) is 0 Å². The molecule has 22 heavy (non-hydrogen) atoms. The minimum absolute atomic E-state index is 0.242. The molecule has 1 aromatic rings. The monoisotopic (exact) mass is 305 g/mol. The SMILES string of the molecule is CCCOC(=O)C(=Nc1cc(C)cc(C)c1)C(=O)OCCC. The Labute approximate surface area is 131 Å². The minimum atomic E-state index is -0.748. The van der Waals surface area contributed by atoms with E-state index in [1.807, 2.05) is 33.8 Å². The van der Waals surface area contributed by atoms with Crippen LogP contribution < -0.4 is 0 Å². The van der Waals surface area contributed by atoms with Crippen molar-refractivity contribution in [2.75, 3.05) is 13.2 Å². The third kappa shape index (κ3) is 5.68. The Balaban J connectivity index is 3.09. The fourth-order valence-corrected chi connectivity index (χ4v) is 1.85. The number of ether oxygens (including phenoxy) is 2. The van der Waals surface area contributed by atoms with Gasteiger partial charge in [-0.15, -0.1) is 0 Å². The summed E-state index contributed by atoms with van der Waals surface area (Å²) < 4.78 is 10.0. The van der Waals surface area contributed by atoms with Gasteiger partial charge in [0.25, 0.3) is 0 Å². The second-order valence-electron chi connectivity index (χ2n) is 5.08. The molecule has 0 fully saturated rings. The molecule has 5 heteroatoms. The van der Waals surface area contributed by atoms with Gasteiger partial charge in [0, 0.05) is 0 Å². The van der Waals surface area contributed by atoms with Crippen LogP contribution in [0, 0.1) is 13.8 Å². The van der Waals surface area contributed by atoms with Crippen LogP contribution >= 0.6 is 0 Å². The Bertz CT molecular complexity index is 522. The third-order valence-electron chi connectivity index (χ3n) is 2.71. The molecule has 5 nitrogen and oxygen atoms in total. The van der Waals surface area contributed by atoms with Crippen molar-refractivity contribution >= 4 is 23.3 Å². The molecule has 0 aromatic heterocycles. The van der Waals surface area contributed by atoms with E-state index in [0.29, 0.717) is 18.5 Å². The average molecular weight is 305 g/mol. The fraction of sp³-hybridized carbons (Fsp3) is 0.471. The lowest BCUT2D eigenvalue weighted by atomic mass is 10.1. The van der Waals surface area contributed by atoms with Crippen LogP contribution in [0.1, 0.15) is 37.8 Å². The first kappa shape index (κ1) is 17.9. The van der Waals surface area contributed by atoms with Crippen molar-refractivity contribution in [2.45, 2.75) is 40.5 Å². The van der Waals surface area contributed by atoms with E-state index in [0.717, 1.165) is 11.1 Å². The first-order valence-electron chi connectivity index (χ1n) is 7.49. The Kier molecular flexibility index (Phi) is 7.29. The van der Waals surface area contributed by atoms with E-state index in [-0.39, 0.29) is 18.9 Å². The molecule has 0 aliphatic carbocycles. The zero-order valence-electron chi connectivity index (χ0n) is 13.6. The van der Waals surface area contributed by atoms with Crippen LogP contribution in [-0.2, 0) is 19.1 Å². The minimum Gasteiger partial charge on any atom is -0.461 e. The maximum absolute atomic E-state index is 12.0. The van der Waals surface area contributed by atoms with Crippen molar-refractivity contribution in [2.24, 2.45) is 4.99 Å². The van der Waals surface area contributed by atoms with E-state index < -0.39 is 11.9 Å². The van der Waals surface area contributed by atoms with E-state index in [1.54, 1.807) is 12.1 Å². The van der Waals surface area contributed by atoms with Crippen LogP contribution in [0.5, 0.6) is 0 Å². The molecular weight excluding hydrogens is 282 g/mol. The van der Waals surface area contributed by atoms with Crippen molar-refractivity contribution in [3.8, 4) is 0 Å². The van der Waals surface area contributed by atoms with Crippen LogP contribution in [0.4, 0.5) is 5.69 Å². The van der Waals surface area contributed by atoms with Gasteiger partial charge in [0.05, 0.1) is 18.9 Å². The number of rotatable bonds is 7. The molecule has 0 bridgehead atoms. The molecule has 120 valence electrons. The number of aryl methyl sites for hydroxylation is 2. The van der Waals surface area contributed by atoms with E-state index in [9.17, 15) is 9.59 Å². The summed E-state index contributed by atoms with van der Waals surface area (Å²) in [5, 5.41) is 0. The average Bonchev–Trinajstić information content (AvgIpc) is 2.46. The lowest BCUT2D eigenvalue weighted by Crippen LogP contribution is -2.28. The molecule has 0 heterocycles. The van der Waals surface area contributed by atoms with Gasteiger partial charge < -0.3 is 9.47 Å². The number of aliphatic imine (C=N–C) groups is 1. The highest BCUT2D eigenvalue weighted by Gasteiger charge is 2.23. The number of benzene rings is 1. The highest BCUT2D eigenvalue weighted by atomic mass is 16.6. The fourth-order valence-electron chi connectivity index (χ4n) is 1.85. The Morgan fingerprint density at radius 3 is 1.77 bits per heavy atom. The molecule has 1 aromatic carbocycles. The van der Waals surface area contributed by atoms with Gasteiger partial charge in [-0.2, -0.15) is 0 Å². The summed E-state index contributed by atoms with van der Waals surface area (Å²) in [6, 6.07) is 5.59. The number of hydrogen-bond donors (Lipinski definition) is 0.